The summed E-state index contributed by atoms with van der Waals surface area (Å²) in [6.07, 6.45) is 5.81. The molecule has 6 heteroatoms. The Balaban J connectivity index is 1.56. The second kappa shape index (κ2) is 8.46. The second-order valence-electron chi connectivity index (χ2n) is 6.20. The van der Waals surface area contributed by atoms with Crippen LogP contribution in [0, 0.1) is 0 Å². The Morgan fingerprint density at radius 1 is 1.08 bits per heavy atom. The normalized spacial score (nSPS) is 14.8. The van der Waals surface area contributed by atoms with E-state index in [1.165, 1.54) is 19.3 Å². The average molecular weight is 340 g/mol. The Labute approximate surface area is 148 Å². The van der Waals surface area contributed by atoms with Gasteiger partial charge >= 0.3 is 6.03 Å². The van der Waals surface area contributed by atoms with Crippen LogP contribution in [0.25, 0.3) is 11.3 Å². The summed E-state index contributed by atoms with van der Waals surface area (Å²) in [7, 11) is 0. The highest BCUT2D eigenvalue weighted by atomic mass is 16.5. The van der Waals surface area contributed by atoms with Gasteiger partial charge in [-0.2, -0.15) is 0 Å². The van der Waals surface area contributed by atoms with Gasteiger partial charge in [0.05, 0.1) is 12.3 Å². The fraction of sp³-hybridized carbons (Fsp3) is 0.421. The summed E-state index contributed by atoms with van der Waals surface area (Å²) in [5.74, 6) is 0.518. The van der Waals surface area contributed by atoms with Crippen molar-refractivity contribution in [3.05, 3.63) is 36.4 Å². The van der Waals surface area contributed by atoms with Gasteiger partial charge in [-0.05, 0) is 38.0 Å². The molecule has 0 unspecified atom stereocenters. The van der Waals surface area contributed by atoms with Crippen LogP contribution in [0.3, 0.4) is 0 Å². The monoisotopic (exact) mass is 340 g/mol. The Morgan fingerprint density at radius 2 is 1.84 bits per heavy atom. The van der Waals surface area contributed by atoms with E-state index in [-0.39, 0.29) is 6.03 Å². The maximum Gasteiger partial charge on any atom is 0.319 e. The molecule has 2 amide bonds. The lowest BCUT2D eigenvalue weighted by Gasteiger charge is -2.22. The fourth-order valence-electron chi connectivity index (χ4n) is 3.02. The zero-order valence-corrected chi connectivity index (χ0v) is 14.5. The summed E-state index contributed by atoms with van der Waals surface area (Å²) in [5.41, 5.74) is 2.46. The molecule has 1 heterocycles. The van der Waals surface area contributed by atoms with Crippen molar-refractivity contribution in [2.45, 2.75) is 45.1 Å². The van der Waals surface area contributed by atoms with E-state index in [9.17, 15) is 4.79 Å². The first-order chi connectivity index (χ1) is 12.2. The average Bonchev–Trinajstić information content (AvgIpc) is 2.64. The third kappa shape index (κ3) is 4.92. The number of benzene rings is 1. The van der Waals surface area contributed by atoms with Crippen LogP contribution in [-0.2, 0) is 0 Å². The van der Waals surface area contributed by atoms with Crippen LogP contribution < -0.4 is 15.4 Å². The van der Waals surface area contributed by atoms with Gasteiger partial charge in [-0.3, -0.25) is 0 Å². The van der Waals surface area contributed by atoms with Crippen LogP contribution in [0.4, 0.5) is 10.5 Å². The molecule has 0 radical (unpaired) electrons. The number of rotatable bonds is 5. The Bertz CT molecular complexity index is 680. The first-order valence-electron chi connectivity index (χ1n) is 8.89. The molecule has 132 valence electrons. The van der Waals surface area contributed by atoms with Crippen LogP contribution in [0.5, 0.6) is 5.88 Å². The van der Waals surface area contributed by atoms with Gasteiger partial charge in [-0.25, -0.2) is 4.79 Å². The number of hydrogen-bond acceptors (Lipinski definition) is 4. The minimum absolute atomic E-state index is 0.138. The van der Waals surface area contributed by atoms with E-state index in [0.29, 0.717) is 18.5 Å². The largest absolute Gasteiger partial charge is 0.477 e. The highest BCUT2D eigenvalue weighted by molar-refractivity contribution is 5.89. The molecule has 1 fully saturated rings. The topological polar surface area (TPSA) is 76.1 Å². The van der Waals surface area contributed by atoms with Crippen molar-refractivity contribution in [2.75, 3.05) is 11.9 Å². The highest BCUT2D eigenvalue weighted by Gasteiger charge is 2.15. The molecule has 2 N–H and O–H groups in total. The van der Waals surface area contributed by atoms with Gasteiger partial charge in [-0.15, -0.1) is 10.2 Å². The Morgan fingerprint density at radius 3 is 2.48 bits per heavy atom. The minimum Gasteiger partial charge on any atom is -0.477 e. The third-order valence-electron chi connectivity index (χ3n) is 4.31. The standard InChI is InChI=1S/C19H24N4O2/c1-2-25-18-13-12-17(22-23-18)14-8-10-16(11-9-14)21-19(24)20-15-6-4-3-5-7-15/h8-13,15H,2-7H2,1H3,(H2,20,21,24). The number of urea groups is 1. The van der Waals surface area contributed by atoms with E-state index in [0.717, 1.165) is 29.8 Å². The first kappa shape index (κ1) is 17.2. The van der Waals surface area contributed by atoms with E-state index >= 15 is 0 Å². The fourth-order valence-corrected chi connectivity index (χ4v) is 3.02. The molecule has 0 aliphatic heterocycles. The van der Waals surface area contributed by atoms with Gasteiger partial charge in [-0.1, -0.05) is 31.4 Å². The van der Waals surface area contributed by atoms with E-state index in [2.05, 4.69) is 20.8 Å². The van der Waals surface area contributed by atoms with Crippen molar-refractivity contribution < 1.29 is 9.53 Å². The molecule has 1 saturated carbocycles. The lowest BCUT2D eigenvalue weighted by atomic mass is 9.96. The molecule has 6 nitrogen and oxygen atoms in total. The van der Waals surface area contributed by atoms with Gasteiger partial charge in [0.1, 0.15) is 0 Å². The van der Waals surface area contributed by atoms with Gasteiger partial charge < -0.3 is 15.4 Å². The van der Waals surface area contributed by atoms with Crippen LogP contribution in [0.1, 0.15) is 39.0 Å². The summed E-state index contributed by atoms with van der Waals surface area (Å²) in [4.78, 5) is 12.1. The molecule has 0 bridgehead atoms. The number of ether oxygens (including phenoxy) is 1. The Hall–Kier alpha value is -2.63. The number of carbonyl (C=O) groups excluding carboxylic acids is 1. The number of aromatic nitrogens is 2. The number of amides is 2. The molecule has 25 heavy (non-hydrogen) atoms. The van der Waals surface area contributed by atoms with Crippen molar-refractivity contribution in [1.29, 1.82) is 0 Å². The van der Waals surface area contributed by atoms with Crippen LogP contribution in [-0.4, -0.2) is 28.9 Å². The molecule has 3 rings (SSSR count). The van der Waals surface area contributed by atoms with Gasteiger partial charge in [0.15, 0.2) is 0 Å². The van der Waals surface area contributed by atoms with Crippen molar-refractivity contribution in [3.63, 3.8) is 0 Å². The van der Waals surface area contributed by atoms with E-state index in [4.69, 9.17) is 4.74 Å². The van der Waals surface area contributed by atoms with Gasteiger partial charge in [0, 0.05) is 23.4 Å². The van der Waals surface area contributed by atoms with Crippen molar-refractivity contribution in [1.82, 2.24) is 15.5 Å². The molecular formula is C19H24N4O2. The SMILES string of the molecule is CCOc1ccc(-c2ccc(NC(=O)NC3CCCCC3)cc2)nn1. The van der Waals surface area contributed by atoms with Crippen molar-refractivity contribution >= 4 is 11.7 Å². The van der Waals surface area contributed by atoms with Crippen LogP contribution in [0.2, 0.25) is 0 Å². The molecule has 0 atom stereocenters. The van der Waals surface area contributed by atoms with E-state index in [1.807, 2.05) is 37.3 Å². The smallest absolute Gasteiger partial charge is 0.319 e. The predicted molar refractivity (Wildman–Crippen MR) is 97.7 cm³/mol. The number of nitrogens with one attached hydrogen (secondary N) is 2. The predicted octanol–water partition coefficient (Wildman–Crippen LogP) is 4.00. The number of hydrogen-bond donors (Lipinski definition) is 2. The van der Waals surface area contributed by atoms with Crippen LogP contribution in [0.15, 0.2) is 36.4 Å². The molecule has 0 spiro atoms. The summed E-state index contributed by atoms with van der Waals surface area (Å²) in [5, 5.41) is 14.1. The zero-order valence-electron chi connectivity index (χ0n) is 14.5. The lowest BCUT2D eigenvalue weighted by molar-refractivity contribution is 0.244. The maximum absolute atomic E-state index is 12.1. The second-order valence-corrected chi connectivity index (χ2v) is 6.20. The quantitative estimate of drug-likeness (QED) is 0.862. The molecule has 1 aromatic heterocycles. The third-order valence-corrected chi connectivity index (χ3v) is 4.31. The number of nitrogens with zero attached hydrogens (tertiary/aromatic N) is 2. The molecular weight excluding hydrogens is 316 g/mol. The van der Waals surface area contributed by atoms with Crippen LogP contribution >= 0.6 is 0 Å². The number of anilines is 1. The van der Waals surface area contributed by atoms with Crippen molar-refractivity contribution in [2.24, 2.45) is 0 Å². The van der Waals surface area contributed by atoms with Gasteiger partial charge in [0.25, 0.3) is 0 Å². The molecule has 0 saturated heterocycles. The molecule has 2 aromatic rings. The summed E-state index contributed by atoms with van der Waals surface area (Å²) in [6, 6.07) is 11.4. The van der Waals surface area contributed by atoms with E-state index in [1.54, 1.807) is 6.07 Å². The maximum atomic E-state index is 12.1. The zero-order chi connectivity index (χ0) is 17.5. The van der Waals surface area contributed by atoms with E-state index < -0.39 is 0 Å². The van der Waals surface area contributed by atoms with Crippen molar-refractivity contribution in [3.8, 4) is 17.1 Å². The molecule has 1 aromatic carbocycles. The summed E-state index contributed by atoms with van der Waals surface area (Å²) >= 11 is 0. The first-order valence-corrected chi connectivity index (χ1v) is 8.89. The number of carbonyl (C=O) groups is 1. The summed E-state index contributed by atoms with van der Waals surface area (Å²) < 4.78 is 5.29. The lowest BCUT2D eigenvalue weighted by Crippen LogP contribution is -2.38. The van der Waals surface area contributed by atoms with Gasteiger partial charge in [0.2, 0.25) is 5.88 Å². The summed E-state index contributed by atoms with van der Waals surface area (Å²) in [6.45, 7) is 2.48. The minimum atomic E-state index is -0.138. The molecule has 1 aliphatic rings. The molecule has 1 aliphatic carbocycles. The highest BCUT2D eigenvalue weighted by Crippen LogP contribution is 2.21. The Kier molecular flexibility index (Phi) is 5.82.